The van der Waals surface area contributed by atoms with Gasteiger partial charge in [0.05, 0.1) is 23.0 Å². The average Bonchev–Trinajstić information content (AvgIpc) is 3.67. The lowest BCUT2D eigenvalue weighted by atomic mass is 10.0. The molecule has 0 bridgehead atoms. The van der Waals surface area contributed by atoms with Crippen molar-refractivity contribution in [3.8, 4) is 16.9 Å². The number of urea groups is 1. The number of fused-ring (bicyclic) bond motifs is 4. The predicted molar refractivity (Wildman–Crippen MR) is 145 cm³/mol. The summed E-state index contributed by atoms with van der Waals surface area (Å²) in [6, 6.07) is 12.9. The second kappa shape index (κ2) is 9.63. The van der Waals surface area contributed by atoms with Crippen molar-refractivity contribution in [2.45, 2.75) is 31.6 Å². The molecule has 3 aliphatic heterocycles. The molecule has 3 atom stereocenters. The van der Waals surface area contributed by atoms with Crippen LogP contribution in [0.15, 0.2) is 59.7 Å². The number of hydrogen-bond donors (Lipinski definition) is 1. The molecule has 12 heteroatoms. The van der Waals surface area contributed by atoms with Gasteiger partial charge in [-0.15, -0.1) is 0 Å². The lowest BCUT2D eigenvalue weighted by Crippen LogP contribution is -2.52. The normalized spacial score (nSPS) is 20.9. The summed E-state index contributed by atoms with van der Waals surface area (Å²) in [7, 11) is 1.24. The van der Waals surface area contributed by atoms with E-state index in [2.05, 4.69) is 24.9 Å². The molecule has 1 N–H and O–H groups in total. The first-order valence-electron chi connectivity index (χ1n) is 13.3. The highest BCUT2D eigenvalue weighted by Crippen LogP contribution is 2.37. The van der Waals surface area contributed by atoms with Gasteiger partial charge in [-0.3, -0.25) is 9.48 Å². The van der Waals surface area contributed by atoms with Gasteiger partial charge in [-0.2, -0.15) is 4.39 Å². The molecule has 0 spiro atoms. The number of rotatable bonds is 6. The largest absolute Gasteiger partial charge is 0.438 e. The Morgan fingerprint density at radius 3 is 2.70 bits per heavy atom. The second-order valence-corrected chi connectivity index (χ2v) is 10.2. The summed E-state index contributed by atoms with van der Waals surface area (Å²) in [5, 5.41) is 3.50. The van der Waals surface area contributed by atoms with Gasteiger partial charge in [-0.1, -0.05) is 24.3 Å². The van der Waals surface area contributed by atoms with E-state index in [1.165, 1.54) is 7.11 Å². The predicted octanol–water partition coefficient (Wildman–Crippen LogP) is 2.75. The van der Waals surface area contributed by atoms with Crippen LogP contribution < -0.4 is 20.5 Å². The van der Waals surface area contributed by atoms with Gasteiger partial charge in [0.1, 0.15) is 5.75 Å². The van der Waals surface area contributed by atoms with Crippen molar-refractivity contribution >= 4 is 22.9 Å². The monoisotopic (exact) mass is 545 g/mol. The maximum atomic E-state index is 14.0. The third kappa shape index (κ3) is 3.98. The number of halogens is 1. The molecular formula is C28H28FN7O4. The Hall–Kier alpha value is -4.45. The second-order valence-electron chi connectivity index (χ2n) is 10.2. The van der Waals surface area contributed by atoms with Gasteiger partial charge in [0.15, 0.2) is 0 Å². The smallest absolute Gasteiger partial charge is 0.352 e. The molecule has 3 aliphatic rings. The number of aromatic nitrogens is 4. The molecule has 11 nitrogen and oxygen atoms in total. The summed E-state index contributed by atoms with van der Waals surface area (Å²) in [4.78, 5) is 38.4. The van der Waals surface area contributed by atoms with Gasteiger partial charge in [0, 0.05) is 63.4 Å². The zero-order valence-corrected chi connectivity index (χ0v) is 21.9. The molecule has 2 aromatic carbocycles. The first-order valence-corrected chi connectivity index (χ1v) is 13.3. The fraction of sp³-hybridized carbons (Fsp3) is 0.357. The van der Waals surface area contributed by atoms with Crippen LogP contribution in [0.25, 0.3) is 22.0 Å². The lowest BCUT2D eigenvalue weighted by molar-refractivity contribution is -0.146. The Kier molecular flexibility index (Phi) is 5.92. The number of piperazine rings is 1. The molecule has 0 saturated carbocycles. The average molecular weight is 546 g/mol. The molecule has 0 aliphatic carbocycles. The number of carbonyl (C=O) groups is 1. The molecule has 1 unspecified atom stereocenters. The molecule has 2 amide bonds. The van der Waals surface area contributed by atoms with Gasteiger partial charge in [-0.25, -0.2) is 19.4 Å². The number of ether oxygens (including phenoxy) is 2. The van der Waals surface area contributed by atoms with Gasteiger partial charge >= 0.3 is 12.6 Å². The highest BCUT2D eigenvalue weighted by atomic mass is 19.2. The van der Waals surface area contributed by atoms with Crippen LogP contribution in [0.1, 0.15) is 18.0 Å². The third-order valence-electron chi connectivity index (χ3n) is 8.05. The van der Waals surface area contributed by atoms with Crippen LogP contribution >= 0.6 is 0 Å². The van der Waals surface area contributed by atoms with E-state index in [1.807, 2.05) is 39.9 Å². The van der Waals surface area contributed by atoms with Crippen LogP contribution in [0.2, 0.25) is 0 Å². The highest BCUT2D eigenvalue weighted by molar-refractivity contribution is 5.85. The standard InChI is InChI=1S/C28H28FN7O4/c1-39-26(29)40-24-5-3-2-4-20(24)22-8-9-35-25(37)21-7-6-17(12-23(21)36(22)35)18-13-30-27(31-14-18)33-10-11-34-19(16-33)15-32-28(34)38/h2-7,12-14,19,22,26H,8-11,15-16H2,1H3,(H,32,38)/t19-,22+,26?/m0/s1. The van der Waals surface area contributed by atoms with Gasteiger partial charge in [-0.05, 0) is 30.2 Å². The summed E-state index contributed by atoms with van der Waals surface area (Å²) >= 11 is 0. The van der Waals surface area contributed by atoms with E-state index in [0.29, 0.717) is 56.2 Å². The molecular weight excluding hydrogens is 517 g/mol. The molecule has 2 saturated heterocycles. The molecule has 2 aromatic heterocycles. The van der Waals surface area contributed by atoms with Crippen LogP contribution in [-0.4, -0.2) is 76.1 Å². The van der Waals surface area contributed by atoms with Crippen LogP contribution in [0.4, 0.5) is 15.1 Å². The number of methoxy groups -OCH3 is 1. The quantitative estimate of drug-likeness (QED) is 0.372. The lowest BCUT2D eigenvalue weighted by Gasteiger charge is -2.36. The first kappa shape index (κ1) is 24.6. The minimum Gasteiger partial charge on any atom is -0.438 e. The Balaban J connectivity index is 1.20. The summed E-state index contributed by atoms with van der Waals surface area (Å²) in [6.45, 7) is 1.28. The van der Waals surface area contributed by atoms with E-state index < -0.39 is 6.54 Å². The van der Waals surface area contributed by atoms with Crippen molar-refractivity contribution in [2.75, 3.05) is 38.2 Å². The van der Waals surface area contributed by atoms with E-state index in [0.717, 1.165) is 22.2 Å². The molecule has 4 aromatic rings. The van der Waals surface area contributed by atoms with E-state index in [-0.39, 0.29) is 23.7 Å². The Morgan fingerprint density at radius 1 is 1.05 bits per heavy atom. The number of alkyl halides is 1. The van der Waals surface area contributed by atoms with E-state index in [4.69, 9.17) is 4.74 Å². The third-order valence-corrected chi connectivity index (χ3v) is 8.05. The number of anilines is 1. The minimum atomic E-state index is -1.89. The fourth-order valence-corrected chi connectivity index (χ4v) is 6.08. The Morgan fingerprint density at radius 2 is 1.88 bits per heavy atom. The summed E-state index contributed by atoms with van der Waals surface area (Å²) in [6.07, 6.45) is 4.26. The molecule has 2 fully saturated rings. The van der Waals surface area contributed by atoms with E-state index in [1.54, 1.807) is 29.2 Å². The molecule has 7 rings (SSSR count). The summed E-state index contributed by atoms with van der Waals surface area (Å²) in [5.74, 6) is 1.01. The fourth-order valence-electron chi connectivity index (χ4n) is 6.08. The van der Waals surface area contributed by atoms with Crippen molar-refractivity contribution in [1.82, 2.24) is 29.5 Å². The summed E-state index contributed by atoms with van der Waals surface area (Å²) in [5.41, 5.74) is 3.21. The first-order chi connectivity index (χ1) is 19.5. The van der Waals surface area contributed by atoms with Crippen molar-refractivity contribution in [3.05, 3.63) is 70.8 Å². The number of para-hydroxylation sites is 1. The minimum absolute atomic E-state index is 0.00703. The van der Waals surface area contributed by atoms with Crippen LogP contribution in [-0.2, 0) is 11.3 Å². The topological polar surface area (TPSA) is 107 Å². The van der Waals surface area contributed by atoms with Crippen molar-refractivity contribution in [1.29, 1.82) is 0 Å². The zero-order chi connectivity index (χ0) is 27.4. The molecule has 0 radical (unpaired) electrons. The number of hydrogen-bond acceptors (Lipinski definition) is 7. The van der Waals surface area contributed by atoms with E-state index >= 15 is 0 Å². The SMILES string of the molecule is COC(F)Oc1ccccc1[C@H]1CCn2c(=O)c3ccc(-c4cnc(N5CCN6C(=O)NC[C@H]6C5)nc4)cc3n21. The van der Waals surface area contributed by atoms with Crippen LogP contribution in [0, 0.1) is 0 Å². The maximum Gasteiger partial charge on any atom is 0.352 e. The number of amides is 2. The van der Waals surface area contributed by atoms with Crippen molar-refractivity contribution in [2.24, 2.45) is 0 Å². The zero-order valence-electron chi connectivity index (χ0n) is 21.9. The number of nitrogens with one attached hydrogen (secondary N) is 1. The van der Waals surface area contributed by atoms with Gasteiger partial charge < -0.3 is 24.6 Å². The van der Waals surface area contributed by atoms with Crippen molar-refractivity contribution < 1.29 is 18.7 Å². The Labute approximate surface area is 228 Å². The van der Waals surface area contributed by atoms with E-state index in [9.17, 15) is 14.0 Å². The van der Waals surface area contributed by atoms with Crippen LogP contribution in [0.3, 0.4) is 0 Å². The molecule has 40 heavy (non-hydrogen) atoms. The van der Waals surface area contributed by atoms with Gasteiger partial charge in [0.25, 0.3) is 5.56 Å². The maximum absolute atomic E-state index is 14.0. The highest BCUT2D eigenvalue weighted by Gasteiger charge is 2.36. The summed E-state index contributed by atoms with van der Waals surface area (Å²) < 4.78 is 27.7. The van der Waals surface area contributed by atoms with Gasteiger partial charge in [0.2, 0.25) is 5.95 Å². The number of carbonyl (C=O) groups excluding carboxylic acids is 1. The van der Waals surface area contributed by atoms with Crippen LogP contribution in [0.5, 0.6) is 5.75 Å². The molecule has 206 valence electrons. The number of nitrogens with zero attached hydrogens (tertiary/aromatic N) is 6. The number of benzene rings is 2. The Bertz CT molecular complexity index is 1650. The van der Waals surface area contributed by atoms with Crippen molar-refractivity contribution in [3.63, 3.8) is 0 Å². The molecule has 5 heterocycles.